The zero-order valence-corrected chi connectivity index (χ0v) is 10.2. The van der Waals surface area contributed by atoms with Gasteiger partial charge in [-0.3, -0.25) is 0 Å². The summed E-state index contributed by atoms with van der Waals surface area (Å²) >= 11 is 3.43. The Kier molecular flexibility index (Phi) is 3.00. The van der Waals surface area contributed by atoms with E-state index in [1.54, 1.807) is 7.11 Å². The molecule has 0 unspecified atom stereocenters. The summed E-state index contributed by atoms with van der Waals surface area (Å²) in [6.07, 6.45) is 0.683. The molecule has 0 aromatic heterocycles. The van der Waals surface area contributed by atoms with Crippen molar-refractivity contribution in [1.29, 1.82) is 0 Å². The summed E-state index contributed by atoms with van der Waals surface area (Å²) in [4.78, 5) is 0. The number of aliphatic hydroxyl groups is 1. The van der Waals surface area contributed by atoms with Crippen molar-refractivity contribution in [2.75, 3.05) is 20.2 Å². The number of ether oxygens (including phenoxy) is 1. The third-order valence-corrected chi connectivity index (χ3v) is 3.28. The lowest BCUT2D eigenvalue weighted by molar-refractivity contribution is -0.00903. The number of β-amino-alcohol motifs (C(OH)–C–C–N with tert-alkyl or cyclic N) is 1. The summed E-state index contributed by atoms with van der Waals surface area (Å²) in [6, 6.07) is 5.89. The summed E-state index contributed by atoms with van der Waals surface area (Å²) in [5.41, 5.74) is 0.556. The average molecular weight is 272 g/mol. The molecule has 0 atom stereocenters. The third-order valence-electron chi connectivity index (χ3n) is 2.66. The van der Waals surface area contributed by atoms with Crippen molar-refractivity contribution in [2.45, 2.75) is 12.0 Å². The molecule has 0 amide bonds. The highest BCUT2D eigenvalue weighted by atomic mass is 79.9. The van der Waals surface area contributed by atoms with Gasteiger partial charge in [-0.25, -0.2) is 0 Å². The van der Waals surface area contributed by atoms with E-state index >= 15 is 0 Å². The van der Waals surface area contributed by atoms with E-state index in [0.717, 1.165) is 15.8 Å². The fourth-order valence-corrected chi connectivity index (χ4v) is 2.33. The molecule has 1 aliphatic heterocycles. The Hall–Kier alpha value is -0.580. The van der Waals surface area contributed by atoms with E-state index in [2.05, 4.69) is 21.2 Å². The number of rotatable bonds is 3. The Morgan fingerprint density at radius 2 is 2.27 bits per heavy atom. The normalized spacial score (nSPS) is 18.3. The molecule has 0 bridgehead atoms. The van der Waals surface area contributed by atoms with Crippen LogP contribution in [0.25, 0.3) is 0 Å². The number of methoxy groups -OCH3 is 1. The molecule has 2 rings (SSSR count). The molecule has 2 N–H and O–H groups in total. The van der Waals surface area contributed by atoms with E-state index in [1.807, 2.05) is 18.2 Å². The SMILES string of the molecule is COc1ccc(CC2(O)CNC2)cc1Br. The lowest BCUT2D eigenvalue weighted by atomic mass is 9.89. The van der Waals surface area contributed by atoms with E-state index in [0.29, 0.717) is 19.5 Å². The molecule has 0 radical (unpaired) electrons. The van der Waals surface area contributed by atoms with Gasteiger partial charge in [0.2, 0.25) is 0 Å². The Labute approximate surface area is 97.6 Å². The van der Waals surface area contributed by atoms with Crippen molar-refractivity contribution < 1.29 is 9.84 Å². The van der Waals surface area contributed by atoms with Crippen LogP contribution in [0.15, 0.2) is 22.7 Å². The number of hydrogen-bond acceptors (Lipinski definition) is 3. The van der Waals surface area contributed by atoms with E-state index in [4.69, 9.17) is 4.74 Å². The molecule has 1 aromatic carbocycles. The van der Waals surface area contributed by atoms with Crippen LogP contribution in [0.5, 0.6) is 5.75 Å². The number of benzene rings is 1. The molecular formula is C11H14BrNO2. The van der Waals surface area contributed by atoms with Gasteiger partial charge in [-0.05, 0) is 33.6 Å². The van der Waals surface area contributed by atoms with Crippen LogP contribution in [0.3, 0.4) is 0 Å². The highest BCUT2D eigenvalue weighted by Gasteiger charge is 2.34. The summed E-state index contributed by atoms with van der Waals surface area (Å²) < 4.78 is 6.08. The fraction of sp³-hybridized carbons (Fsp3) is 0.455. The molecule has 1 saturated heterocycles. The average Bonchev–Trinajstić information content (AvgIpc) is 2.16. The minimum atomic E-state index is -0.561. The van der Waals surface area contributed by atoms with E-state index < -0.39 is 5.60 Å². The summed E-state index contributed by atoms with van der Waals surface area (Å²) in [5.74, 6) is 0.817. The molecule has 4 heteroatoms. The third kappa shape index (κ3) is 2.33. The summed E-state index contributed by atoms with van der Waals surface area (Å²) in [6.45, 7) is 1.35. The van der Waals surface area contributed by atoms with Crippen LogP contribution in [0, 0.1) is 0 Å². The molecule has 82 valence electrons. The Morgan fingerprint density at radius 3 is 2.73 bits per heavy atom. The van der Waals surface area contributed by atoms with Crippen LogP contribution >= 0.6 is 15.9 Å². The largest absolute Gasteiger partial charge is 0.496 e. The van der Waals surface area contributed by atoms with Gasteiger partial charge in [-0.1, -0.05) is 6.07 Å². The maximum atomic E-state index is 9.97. The van der Waals surface area contributed by atoms with Gasteiger partial charge in [0, 0.05) is 19.5 Å². The second-order valence-corrected chi connectivity index (χ2v) is 4.83. The van der Waals surface area contributed by atoms with E-state index in [1.165, 1.54) is 0 Å². The van der Waals surface area contributed by atoms with Gasteiger partial charge in [-0.15, -0.1) is 0 Å². The number of halogens is 1. The molecule has 15 heavy (non-hydrogen) atoms. The van der Waals surface area contributed by atoms with Gasteiger partial charge < -0.3 is 15.2 Å². The molecule has 1 aromatic rings. The molecule has 0 aliphatic carbocycles. The predicted molar refractivity (Wildman–Crippen MR) is 62.2 cm³/mol. The van der Waals surface area contributed by atoms with Crippen molar-refractivity contribution in [3.05, 3.63) is 28.2 Å². The smallest absolute Gasteiger partial charge is 0.133 e. The van der Waals surface area contributed by atoms with Gasteiger partial charge in [0.15, 0.2) is 0 Å². The standard InChI is InChI=1S/C11H14BrNO2/c1-15-10-3-2-8(4-9(10)12)5-11(14)6-13-7-11/h2-4,13-14H,5-7H2,1H3. The Balaban J connectivity index is 2.12. The van der Waals surface area contributed by atoms with Gasteiger partial charge in [0.25, 0.3) is 0 Å². The molecule has 1 fully saturated rings. The first-order valence-electron chi connectivity index (χ1n) is 4.88. The van der Waals surface area contributed by atoms with E-state index in [9.17, 15) is 5.11 Å². The number of hydrogen-bond donors (Lipinski definition) is 2. The van der Waals surface area contributed by atoms with Gasteiger partial charge in [0.1, 0.15) is 5.75 Å². The van der Waals surface area contributed by atoms with Gasteiger partial charge in [-0.2, -0.15) is 0 Å². The second-order valence-electron chi connectivity index (χ2n) is 3.97. The first-order valence-corrected chi connectivity index (χ1v) is 5.68. The maximum Gasteiger partial charge on any atom is 0.133 e. The Morgan fingerprint density at radius 1 is 1.53 bits per heavy atom. The van der Waals surface area contributed by atoms with Crippen LogP contribution in [0.2, 0.25) is 0 Å². The van der Waals surface area contributed by atoms with Crippen molar-refractivity contribution in [3.63, 3.8) is 0 Å². The molecule has 1 aliphatic rings. The quantitative estimate of drug-likeness (QED) is 0.872. The van der Waals surface area contributed by atoms with Crippen LogP contribution in [0.4, 0.5) is 0 Å². The molecule has 0 saturated carbocycles. The predicted octanol–water partition coefficient (Wildman–Crippen LogP) is 1.33. The van der Waals surface area contributed by atoms with Crippen LogP contribution < -0.4 is 10.1 Å². The first-order chi connectivity index (χ1) is 7.13. The van der Waals surface area contributed by atoms with Crippen LogP contribution in [-0.2, 0) is 6.42 Å². The second kappa shape index (κ2) is 4.12. The van der Waals surface area contributed by atoms with Crippen molar-refractivity contribution >= 4 is 15.9 Å². The highest BCUT2D eigenvalue weighted by molar-refractivity contribution is 9.10. The highest BCUT2D eigenvalue weighted by Crippen LogP contribution is 2.27. The van der Waals surface area contributed by atoms with Crippen molar-refractivity contribution in [1.82, 2.24) is 5.32 Å². The molecule has 1 heterocycles. The monoisotopic (exact) mass is 271 g/mol. The molecule has 3 nitrogen and oxygen atoms in total. The summed E-state index contributed by atoms with van der Waals surface area (Å²) in [7, 11) is 1.64. The zero-order chi connectivity index (χ0) is 10.9. The molecular weight excluding hydrogens is 258 g/mol. The van der Waals surface area contributed by atoms with Crippen LogP contribution in [-0.4, -0.2) is 30.9 Å². The van der Waals surface area contributed by atoms with Gasteiger partial charge in [0.05, 0.1) is 17.2 Å². The fourth-order valence-electron chi connectivity index (χ4n) is 1.74. The Bertz CT molecular complexity index is 364. The van der Waals surface area contributed by atoms with Gasteiger partial charge >= 0.3 is 0 Å². The number of nitrogens with one attached hydrogen (secondary N) is 1. The summed E-state index contributed by atoms with van der Waals surface area (Å²) in [5, 5.41) is 13.0. The van der Waals surface area contributed by atoms with E-state index in [-0.39, 0.29) is 0 Å². The van der Waals surface area contributed by atoms with Crippen molar-refractivity contribution in [2.24, 2.45) is 0 Å². The zero-order valence-electron chi connectivity index (χ0n) is 8.59. The first kappa shape index (κ1) is 10.9. The van der Waals surface area contributed by atoms with Crippen LogP contribution in [0.1, 0.15) is 5.56 Å². The minimum absolute atomic E-state index is 0.561. The van der Waals surface area contributed by atoms with Crippen molar-refractivity contribution in [3.8, 4) is 5.75 Å². The lowest BCUT2D eigenvalue weighted by Crippen LogP contribution is -2.60. The minimum Gasteiger partial charge on any atom is -0.496 e. The lowest BCUT2D eigenvalue weighted by Gasteiger charge is -2.37. The maximum absolute atomic E-state index is 9.97. The topological polar surface area (TPSA) is 41.5 Å². The molecule has 0 spiro atoms.